The molecular formula is C20H35N. The van der Waals surface area contributed by atoms with Crippen LogP contribution in [0, 0.1) is 11.3 Å². The SMILES string of the molecule is CNC(Cc1ccc(C(C)C)cc1)CC(C)CC(C)(C)C. The zero-order valence-electron chi connectivity index (χ0n) is 15.2. The summed E-state index contributed by atoms with van der Waals surface area (Å²) in [5.41, 5.74) is 3.30. The Hall–Kier alpha value is -0.820. The molecule has 2 unspecified atom stereocenters. The average Bonchev–Trinajstić information content (AvgIpc) is 2.36. The van der Waals surface area contributed by atoms with Gasteiger partial charge in [-0.1, -0.05) is 65.8 Å². The van der Waals surface area contributed by atoms with Gasteiger partial charge in [0.1, 0.15) is 0 Å². The molecule has 1 N–H and O–H groups in total. The summed E-state index contributed by atoms with van der Waals surface area (Å²) in [5.74, 6) is 1.38. The van der Waals surface area contributed by atoms with Crippen molar-refractivity contribution >= 4 is 0 Å². The molecule has 0 aliphatic rings. The highest BCUT2D eigenvalue weighted by atomic mass is 14.9. The van der Waals surface area contributed by atoms with Crippen LogP contribution in [0.15, 0.2) is 24.3 Å². The Labute approximate surface area is 132 Å². The number of hydrogen-bond donors (Lipinski definition) is 1. The molecule has 1 nitrogen and oxygen atoms in total. The molecular weight excluding hydrogens is 254 g/mol. The quantitative estimate of drug-likeness (QED) is 0.708. The molecule has 0 aliphatic carbocycles. The third kappa shape index (κ3) is 7.13. The lowest BCUT2D eigenvalue weighted by atomic mass is 9.82. The maximum atomic E-state index is 3.50. The summed E-state index contributed by atoms with van der Waals surface area (Å²) in [6.45, 7) is 13.9. The highest BCUT2D eigenvalue weighted by molar-refractivity contribution is 5.25. The van der Waals surface area contributed by atoms with Gasteiger partial charge in [-0.15, -0.1) is 0 Å². The van der Waals surface area contributed by atoms with Crippen molar-refractivity contribution in [3.8, 4) is 0 Å². The predicted molar refractivity (Wildman–Crippen MR) is 94.9 cm³/mol. The standard InChI is InChI=1S/C20H35N/c1-15(2)18-10-8-17(9-11-18)13-19(21-7)12-16(3)14-20(4,5)6/h8-11,15-16,19,21H,12-14H2,1-7H3. The van der Waals surface area contributed by atoms with E-state index >= 15 is 0 Å². The van der Waals surface area contributed by atoms with Crippen molar-refractivity contribution in [2.24, 2.45) is 11.3 Å². The number of rotatable bonds is 7. The van der Waals surface area contributed by atoms with E-state index in [4.69, 9.17) is 0 Å². The van der Waals surface area contributed by atoms with E-state index < -0.39 is 0 Å². The minimum atomic E-state index is 0.427. The molecule has 0 aromatic heterocycles. The molecule has 1 heteroatoms. The molecule has 120 valence electrons. The second-order valence-electron chi connectivity index (χ2n) is 8.19. The van der Waals surface area contributed by atoms with Crippen LogP contribution in [0.25, 0.3) is 0 Å². The lowest BCUT2D eigenvalue weighted by Crippen LogP contribution is -2.30. The van der Waals surface area contributed by atoms with Crippen molar-refractivity contribution in [1.82, 2.24) is 5.32 Å². The average molecular weight is 290 g/mol. The summed E-state index contributed by atoms with van der Waals surface area (Å²) in [4.78, 5) is 0. The third-order valence-electron chi connectivity index (χ3n) is 4.18. The van der Waals surface area contributed by atoms with E-state index in [1.807, 2.05) is 0 Å². The Morgan fingerprint density at radius 1 is 1.00 bits per heavy atom. The lowest BCUT2D eigenvalue weighted by Gasteiger charge is -2.26. The van der Waals surface area contributed by atoms with E-state index in [-0.39, 0.29) is 0 Å². The number of benzene rings is 1. The van der Waals surface area contributed by atoms with Crippen molar-refractivity contribution in [3.63, 3.8) is 0 Å². The van der Waals surface area contributed by atoms with Crippen molar-refractivity contribution in [3.05, 3.63) is 35.4 Å². The number of hydrogen-bond acceptors (Lipinski definition) is 1. The van der Waals surface area contributed by atoms with Gasteiger partial charge in [-0.3, -0.25) is 0 Å². The topological polar surface area (TPSA) is 12.0 Å². The molecule has 0 radical (unpaired) electrons. The summed E-state index contributed by atoms with van der Waals surface area (Å²) in [6.07, 6.45) is 3.67. The zero-order valence-corrected chi connectivity index (χ0v) is 15.2. The third-order valence-corrected chi connectivity index (χ3v) is 4.18. The van der Waals surface area contributed by atoms with Crippen LogP contribution in [0.1, 0.15) is 71.4 Å². The number of nitrogens with one attached hydrogen (secondary N) is 1. The molecule has 0 spiro atoms. The first kappa shape index (κ1) is 18.2. The largest absolute Gasteiger partial charge is 0.317 e. The Morgan fingerprint density at radius 2 is 1.57 bits per heavy atom. The maximum absolute atomic E-state index is 3.50. The first-order valence-corrected chi connectivity index (χ1v) is 8.47. The minimum Gasteiger partial charge on any atom is -0.317 e. The van der Waals surface area contributed by atoms with Gasteiger partial charge in [0.05, 0.1) is 0 Å². The fraction of sp³-hybridized carbons (Fsp3) is 0.700. The van der Waals surface area contributed by atoms with Crippen LogP contribution in [0.4, 0.5) is 0 Å². The lowest BCUT2D eigenvalue weighted by molar-refractivity contribution is 0.277. The monoisotopic (exact) mass is 289 g/mol. The van der Waals surface area contributed by atoms with E-state index in [9.17, 15) is 0 Å². The minimum absolute atomic E-state index is 0.427. The smallest absolute Gasteiger partial charge is 0.0107 e. The molecule has 0 bridgehead atoms. The molecule has 0 saturated carbocycles. The zero-order chi connectivity index (χ0) is 16.0. The van der Waals surface area contributed by atoms with E-state index in [0.717, 1.165) is 12.3 Å². The highest BCUT2D eigenvalue weighted by Gasteiger charge is 2.18. The first-order valence-electron chi connectivity index (χ1n) is 8.47. The van der Waals surface area contributed by atoms with Gasteiger partial charge in [0.15, 0.2) is 0 Å². The van der Waals surface area contributed by atoms with Crippen LogP contribution >= 0.6 is 0 Å². The second-order valence-corrected chi connectivity index (χ2v) is 8.19. The van der Waals surface area contributed by atoms with Gasteiger partial charge >= 0.3 is 0 Å². The fourth-order valence-electron chi connectivity index (χ4n) is 3.24. The maximum Gasteiger partial charge on any atom is 0.0107 e. The van der Waals surface area contributed by atoms with Crippen molar-refractivity contribution in [2.75, 3.05) is 7.05 Å². The molecule has 0 amide bonds. The summed E-state index contributed by atoms with van der Waals surface area (Å²) in [5, 5.41) is 3.50. The van der Waals surface area contributed by atoms with Crippen LogP contribution in [0.2, 0.25) is 0 Å². The van der Waals surface area contributed by atoms with E-state index in [0.29, 0.717) is 17.4 Å². The van der Waals surface area contributed by atoms with Gasteiger partial charge in [0.25, 0.3) is 0 Å². The predicted octanol–water partition coefficient (Wildman–Crippen LogP) is 5.40. The molecule has 0 saturated heterocycles. The molecule has 1 rings (SSSR count). The molecule has 0 heterocycles. The van der Waals surface area contributed by atoms with Gasteiger partial charge < -0.3 is 5.32 Å². The van der Waals surface area contributed by atoms with E-state index in [1.54, 1.807) is 0 Å². The van der Waals surface area contributed by atoms with E-state index in [1.165, 1.54) is 24.0 Å². The van der Waals surface area contributed by atoms with E-state index in [2.05, 4.69) is 78.2 Å². The molecule has 2 atom stereocenters. The van der Waals surface area contributed by atoms with Gasteiger partial charge in [-0.25, -0.2) is 0 Å². The molecule has 0 aliphatic heterocycles. The molecule has 1 aromatic carbocycles. The molecule has 0 fully saturated rings. The van der Waals surface area contributed by atoms with Crippen molar-refractivity contribution in [1.29, 1.82) is 0 Å². The van der Waals surface area contributed by atoms with Crippen LogP contribution in [0.5, 0.6) is 0 Å². The van der Waals surface area contributed by atoms with Gasteiger partial charge in [-0.05, 0) is 54.7 Å². The number of likely N-dealkylation sites (N-methyl/N-ethyl adjacent to an activating group) is 1. The summed E-state index contributed by atoms with van der Waals surface area (Å²) >= 11 is 0. The first-order chi connectivity index (χ1) is 9.71. The summed E-state index contributed by atoms with van der Waals surface area (Å²) in [7, 11) is 2.09. The van der Waals surface area contributed by atoms with Gasteiger partial charge in [-0.2, -0.15) is 0 Å². The Kier molecular flexibility index (Phi) is 6.93. The summed E-state index contributed by atoms with van der Waals surface area (Å²) in [6, 6.07) is 9.74. The van der Waals surface area contributed by atoms with Crippen LogP contribution < -0.4 is 5.32 Å². The van der Waals surface area contributed by atoms with Gasteiger partial charge in [0.2, 0.25) is 0 Å². The fourth-order valence-corrected chi connectivity index (χ4v) is 3.24. The second kappa shape index (κ2) is 7.98. The van der Waals surface area contributed by atoms with Crippen molar-refractivity contribution in [2.45, 2.75) is 72.8 Å². The van der Waals surface area contributed by atoms with Crippen molar-refractivity contribution < 1.29 is 0 Å². The molecule has 1 aromatic rings. The molecule has 21 heavy (non-hydrogen) atoms. The normalized spacial score (nSPS) is 15.2. The Balaban J connectivity index is 2.57. The summed E-state index contributed by atoms with van der Waals surface area (Å²) < 4.78 is 0. The Morgan fingerprint density at radius 3 is 2.00 bits per heavy atom. The van der Waals surface area contributed by atoms with Gasteiger partial charge in [0, 0.05) is 6.04 Å². The Bertz CT molecular complexity index is 397. The highest BCUT2D eigenvalue weighted by Crippen LogP contribution is 2.27. The van der Waals surface area contributed by atoms with Crippen LogP contribution in [-0.2, 0) is 6.42 Å². The van der Waals surface area contributed by atoms with Crippen LogP contribution in [-0.4, -0.2) is 13.1 Å². The van der Waals surface area contributed by atoms with Crippen LogP contribution in [0.3, 0.4) is 0 Å².